The molecule has 172 valence electrons. The molecule has 0 bridgehead atoms. The first-order chi connectivity index (χ1) is 16.6. The maximum absolute atomic E-state index is 12.9. The Kier molecular flexibility index (Phi) is 5.63. The van der Waals surface area contributed by atoms with Crippen LogP contribution in [0.4, 0.5) is 11.4 Å². The Hall–Kier alpha value is -4.33. The fourth-order valence-corrected chi connectivity index (χ4v) is 4.24. The van der Waals surface area contributed by atoms with E-state index in [0.29, 0.717) is 29.4 Å². The molecule has 1 N–H and O–H groups in total. The van der Waals surface area contributed by atoms with Crippen molar-refractivity contribution in [1.82, 2.24) is 9.55 Å². The van der Waals surface area contributed by atoms with Gasteiger partial charge in [-0.3, -0.25) is 14.2 Å². The van der Waals surface area contributed by atoms with Gasteiger partial charge in [-0.25, -0.2) is 4.98 Å². The Bertz CT molecular complexity index is 1360. The van der Waals surface area contributed by atoms with Gasteiger partial charge in [-0.15, -0.1) is 0 Å². The monoisotopic (exact) mass is 456 g/mol. The third-order valence-corrected chi connectivity index (χ3v) is 6.04. The molecule has 1 aliphatic rings. The van der Waals surface area contributed by atoms with Gasteiger partial charge < -0.3 is 19.7 Å². The van der Waals surface area contributed by atoms with E-state index in [9.17, 15) is 9.59 Å². The molecule has 1 aliphatic heterocycles. The number of hydrogen-bond acceptors (Lipinski definition) is 5. The lowest BCUT2D eigenvalue weighted by atomic mass is 10.1. The normalized spacial score (nSPS) is 15.5. The molecule has 2 heterocycles. The number of benzene rings is 3. The Balaban J connectivity index is 1.27. The molecule has 0 saturated carbocycles. The number of rotatable bonds is 6. The minimum atomic E-state index is -0.446. The molecule has 34 heavy (non-hydrogen) atoms. The van der Waals surface area contributed by atoms with Crippen molar-refractivity contribution < 1.29 is 19.1 Å². The maximum atomic E-state index is 12.9. The number of anilines is 2. The van der Waals surface area contributed by atoms with E-state index in [4.69, 9.17) is 9.47 Å². The van der Waals surface area contributed by atoms with Crippen LogP contribution in [0.5, 0.6) is 11.5 Å². The number of imidazole rings is 1. The van der Waals surface area contributed by atoms with Crippen molar-refractivity contribution in [1.29, 1.82) is 0 Å². The van der Waals surface area contributed by atoms with E-state index in [1.165, 1.54) is 0 Å². The molecular formula is C26H24N4O4. The molecule has 1 aromatic heterocycles. The molecule has 1 fully saturated rings. The van der Waals surface area contributed by atoms with Gasteiger partial charge in [-0.1, -0.05) is 12.1 Å². The predicted molar refractivity (Wildman–Crippen MR) is 130 cm³/mol. The van der Waals surface area contributed by atoms with E-state index in [0.717, 1.165) is 16.7 Å². The summed E-state index contributed by atoms with van der Waals surface area (Å²) in [6.45, 7) is 0.305. The van der Waals surface area contributed by atoms with Crippen molar-refractivity contribution in [2.45, 2.75) is 6.42 Å². The number of para-hydroxylation sites is 2. The fourth-order valence-electron chi connectivity index (χ4n) is 4.24. The zero-order valence-corrected chi connectivity index (χ0v) is 18.9. The molecule has 0 aliphatic carbocycles. The first kappa shape index (κ1) is 21.5. The Morgan fingerprint density at radius 1 is 0.971 bits per heavy atom. The van der Waals surface area contributed by atoms with Crippen molar-refractivity contribution in [3.63, 3.8) is 0 Å². The summed E-state index contributed by atoms with van der Waals surface area (Å²) in [6, 6.07) is 20.8. The van der Waals surface area contributed by atoms with Crippen molar-refractivity contribution in [2.75, 3.05) is 31.0 Å². The van der Waals surface area contributed by atoms with Crippen LogP contribution in [0.25, 0.3) is 16.7 Å². The standard InChI is InChI=1S/C26H24N4O4/c1-33-23-12-11-20(14-24(23)34-2)29-15-17(13-25(29)31)26(32)28-18-7-9-19(10-8-18)30-16-27-21-5-3-4-6-22(21)30/h3-12,14,16-17H,13,15H2,1-2H3,(H,28,32). The summed E-state index contributed by atoms with van der Waals surface area (Å²) < 4.78 is 12.6. The molecule has 4 aromatic rings. The first-order valence-electron chi connectivity index (χ1n) is 10.9. The van der Waals surface area contributed by atoms with E-state index in [1.807, 2.05) is 53.1 Å². The summed E-state index contributed by atoms with van der Waals surface area (Å²) >= 11 is 0. The van der Waals surface area contributed by atoms with Gasteiger partial charge in [0, 0.05) is 36.1 Å². The number of carbonyl (C=O) groups excluding carboxylic acids is 2. The molecule has 8 heteroatoms. The number of nitrogens with zero attached hydrogens (tertiary/aromatic N) is 3. The van der Waals surface area contributed by atoms with Crippen LogP contribution in [0, 0.1) is 5.92 Å². The van der Waals surface area contributed by atoms with E-state index in [1.54, 1.807) is 43.6 Å². The Morgan fingerprint density at radius 2 is 1.71 bits per heavy atom. The molecule has 2 amide bonds. The third-order valence-electron chi connectivity index (χ3n) is 6.04. The summed E-state index contributed by atoms with van der Waals surface area (Å²) in [5.74, 6) is 0.385. The second kappa shape index (κ2) is 8.90. The highest BCUT2D eigenvalue weighted by Crippen LogP contribution is 2.34. The van der Waals surface area contributed by atoms with E-state index in [2.05, 4.69) is 10.3 Å². The molecule has 1 saturated heterocycles. The number of hydrogen-bond donors (Lipinski definition) is 1. The number of nitrogens with one attached hydrogen (secondary N) is 1. The van der Waals surface area contributed by atoms with Gasteiger partial charge in [0.2, 0.25) is 11.8 Å². The second-order valence-electron chi connectivity index (χ2n) is 8.08. The molecule has 3 aromatic carbocycles. The second-order valence-corrected chi connectivity index (χ2v) is 8.08. The van der Waals surface area contributed by atoms with Crippen LogP contribution in [0.2, 0.25) is 0 Å². The van der Waals surface area contributed by atoms with Crippen LogP contribution in [0.1, 0.15) is 6.42 Å². The van der Waals surface area contributed by atoms with E-state index >= 15 is 0 Å². The maximum Gasteiger partial charge on any atom is 0.229 e. The molecular weight excluding hydrogens is 432 g/mol. The zero-order chi connectivity index (χ0) is 23.7. The van der Waals surface area contributed by atoms with Crippen LogP contribution in [0.3, 0.4) is 0 Å². The molecule has 1 atom stereocenters. The van der Waals surface area contributed by atoms with Crippen molar-refractivity contribution >= 4 is 34.2 Å². The number of carbonyl (C=O) groups is 2. The number of ether oxygens (including phenoxy) is 2. The predicted octanol–water partition coefficient (Wildman–Crippen LogP) is 4.03. The summed E-state index contributed by atoms with van der Waals surface area (Å²) in [6.07, 6.45) is 1.93. The number of methoxy groups -OCH3 is 2. The van der Waals surface area contributed by atoms with Gasteiger partial charge in [0.25, 0.3) is 0 Å². The van der Waals surface area contributed by atoms with Crippen LogP contribution in [-0.2, 0) is 9.59 Å². The number of fused-ring (bicyclic) bond motifs is 1. The lowest BCUT2D eigenvalue weighted by molar-refractivity contribution is -0.122. The molecule has 5 rings (SSSR count). The number of aromatic nitrogens is 2. The first-order valence-corrected chi connectivity index (χ1v) is 10.9. The van der Waals surface area contributed by atoms with Gasteiger partial charge in [0.15, 0.2) is 11.5 Å². The minimum Gasteiger partial charge on any atom is -0.493 e. The molecule has 0 radical (unpaired) electrons. The van der Waals surface area contributed by atoms with E-state index < -0.39 is 5.92 Å². The highest BCUT2D eigenvalue weighted by molar-refractivity contribution is 6.03. The van der Waals surface area contributed by atoms with Gasteiger partial charge in [-0.2, -0.15) is 0 Å². The average Bonchev–Trinajstić information content (AvgIpc) is 3.48. The minimum absolute atomic E-state index is 0.102. The highest BCUT2D eigenvalue weighted by atomic mass is 16.5. The van der Waals surface area contributed by atoms with Gasteiger partial charge in [0.1, 0.15) is 6.33 Å². The molecule has 0 spiro atoms. The summed E-state index contributed by atoms with van der Waals surface area (Å²) in [5, 5.41) is 2.94. The molecule has 8 nitrogen and oxygen atoms in total. The van der Waals surface area contributed by atoms with Crippen LogP contribution < -0.4 is 19.7 Å². The van der Waals surface area contributed by atoms with Crippen molar-refractivity contribution in [3.8, 4) is 17.2 Å². The quantitative estimate of drug-likeness (QED) is 0.473. The topological polar surface area (TPSA) is 85.7 Å². The van der Waals surface area contributed by atoms with E-state index in [-0.39, 0.29) is 18.2 Å². The lowest BCUT2D eigenvalue weighted by Gasteiger charge is -2.18. The SMILES string of the molecule is COc1ccc(N2CC(C(=O)Nc3ccc(-n4cnc5ccccc54)cc3)CC2=O)cc1OC. The third kappa shape index (κ3) is 3.94. The number of amides is 2. The van der Waals surface area contributed by atoms with Gasteiger partial charge >= 0.3 is 0 Å². The largest absolute Gasteiger partial charge is 0.493 e. The van der Waals surface area contributed by atoms with Gasteiger partial charge in [0.05, 0.1) is 31.2 Å². The summed E-state index contributed by atoms with van der Waals surface area (Å²) in [5.41, 5.74) is 4.23. The lowest BCUT2D eigenvalue weighted by Crippen LogP contribution is -2.28. The Labute approximate surface area is 196 Å². The average molecular weight is 457 g/mol. The van der Waals surface area contributed by atoms with Crippen LogP contribution in [0.15, 0.2) is 73.1 Å². The smallest absolute Gasteiger partial charge is 0.229 e. The van der Waals surface area contributed by atoms with Crippen molar-refractivity contribution in [2.24, 2.45) is 5.92 Å². The summed E-state index contributed by atoms with van der Waals surface area (Å²) in [4.78, 5) is 31.6. The fraction of sp³-hybridized carbons (Fsp3) is 0.192. The zero-order valence-electron chi connectivity index (χ0n) is 18.9. The van der Waals surface area contributed by atoms with Crippen molar-refractivity contribution in [3.05, 3.63) is 73.1 Å². The Morgan fingerprint density at radius 3 is 2.47 bits per heavy atom. The highest BCUT2D eigenvalue weighted by Gasteiger charge is 2.35. The van der Waals surface area contributed by atoms with Crippen LogP contribution >= 0.6 is 0 Å². The summed E-state index contributed by atoms with van der Waals surface area (Å²) in [7, 11) is 3.10. The van der Waals surface area contributed by atoms with Gasteiger partial charge in [-0.05, 0) is 48.5 Å². The van der Waals surface area contributed by atoms with Crippen LogP contribution in [-0.4, -0.2) is 42.1 Å². The molecule has 1 unspecified atom stereocenters.